The molecule has 0 N–H and O–H groups in total. The third-order valence-electron chi connectivity index (χ3n) is 7.54. The number of rotatable bonds is 7. The fourth-order valence-corrected chi connectivity index (χ4v) is 5.59. The summed E-state index contributed by atoms with van der Waals surface area (Å²) in [4.78, 5) is 29.8. The van der Waals surface area contributed by atoms with Crippen LogP contribution in [0.25, 0.3) is 22.0 Å². The molecule has 0 spiro atoms. The molecule has 0 bridgehead atoms. The summed E-state index contributed by atoms with van der Waals surface area (Å²) in [5, 5.41) is 5.84. The van der Waals surface area contributed by atoms with E-state index in [9.17, 15) is 9.59 Å². The highest BCUT2D eigenvalue weighted by Crippen LogP contribution is 2.37. The lowest BCUT2D eigenvalue weighted by molar-refractivity contribution is 0.0138. The summed E-state index contributed by atoms with van der Waals surface area (Å²) in [5.74, 6) is 1.46. The van der Waals surface area contributed by atoms with E-state index in [0.717, 1.165) is 28.0 Å². The van der Waals surface area contributed by atoms with Crippen LogP contribution in [-0.4, -0.2) is 76.2 Å². The summed E-state index contributed by atoms with van der Waals surface area (Å²) in [7, 11) is 5.00. The zero-order valence-corrected chi connectivity index (χ0v) is 26.3. The Hall–Kier alpha value is -4.02. The molecule has 1 fully saturated rings. The van der Waals surface area contributed by atoms with Crippen molar-refractivity contribution in [3.05, 3.63) is 75.3 Å². The van der Waals surface area contributed by atoms with Gasteiger partial charge in [0.15, 0.2) is 0 Å². The number of nitrogens with zero attached hydrogens (tertiary/aromatic N) is 5. The molecule has 4 aromatic rings. The molecule has 0 unspecified atom stereocenters. The minimum absolute atomic E-state index is 0.144. The summed E-state index contributed by atoms with van der Waals surface area (Å²) in [5.41, 5.74) is 3.31. The van der Waals surface area contributed by atoms with Gasteiger partial charge in [0, 0.05) is 73.1 Å². The average Bonchev–Trinajstić information content (AvgIpc) is 3.39. The number of hydrogen-bond acceptors (Lipinski definition) is 7. The minimum atomic E-state index is -0.522. The second-order valence-electron chi connectivity index (χ2n) is 11.8. The highest BCUT2D eigenvalue weighted by atomic mass is 35.5. The SMILES string of the molecule is COc1ccc(Cn2ncc3c(-c4cc(OC)c(CN5CCN(C(=O)OC(C)(C)C)CC5)cc4Cl)cn(C)c(=O)c32)cc1. The summed E-state index contributed by atoms with van der Waals surface area (Å²) in [6, 6.07) is 11.5. The molecule has 2 aromatic carbocycles. The number of hydrogen-bond donors (Lipinski definition) is 0. The number of pyridine rings is 1. The molecule has 5 rings (SSSR count). The smallest absolute Gasteiger partial charge is 0.410 e. The quantitative estimate of drug-likeness (QED) is 0.286. The van der Waals surface area contributed by atoms with Crippen molar-refractivity contribution < 1.29 is 19.0 Å². The number of benzene rings is 2. The lowest BCUT2D eigenvalue weighted by atomic mass is 10.0. The monoisotopic (exact) mass is 607 g/mol. The van der Waals surface area contributed by atoms with Crippen LogP contribution in [0.5, 0.6) is 11.5 Å². The minimum Gasteiger partial charge on any atom is -0.497 e. The Morgan fingerprint density at radius 3 is 2.30 bits per heavy atom. The topological polar surface area (TPSA) is 91.1 Å². The van der Waals surface area contributed by atoms with Gasteiger partial charge < -0.3 is 23.7 Å². The van der Waals surface area contributed by atoms with E-state index in [1.54, 1.807) is 47.8 Å². The van der Waals surface area contributed by atoms with Crippen molar-refractivity contribution in [3.8, 4) is 22.6 Å². The number of halogens is 1. The molecule has 3 heterocycles. The highest BCUT2D eigenvalue weighted by molar-refractivity contribution is 6.33. The Morgan fingerprint density at radius 1 is 0.977 bits per heavy atom. The first-order valence-corrected chi connectivity index (χ1v) is 14.6. The lowest BCUT2D eigenvalue weighted by Gasteiger charge is -2.35. The zero-order chi connectivity index (χ0) is 30.9. The summed E-state index contributed by atoms with van der Waals surface area (Å²) < 4.78 is 19.9. The number of fused-ring (bicyclic) bond motifs is 1. The third kappa shape index (κ3) is 6.65. The molecule has 1 amide bonds. The Balaban J connectivity index is 1.40. The molecule has 0 saturated carbocycles. The summed E-state index contributed by atoms with van der Waals surface area (Å²) in [6.07, 6.45) is 3.23. The van der Waals surface area contributed by atoms with E-state index >= 15 is 0 Å². The van der Waals surface area contributed by atoms with Crippen LogP contribution >= 0.6 is 11.6 Å². The molecule has 10 nitrogen and oxygen atoms in total. The van der Waals surface area contributed by atoms with E-state index in [0.29, 0.717) is 60.9 Å². The van der Waals surface area contributed by atoms with Gasteiger partial charge in [0.2, 0.25) is 0 Å². The van der Waals surface area contributed by atoms with Crippen molar-refractivity contribution in [1.82, 2.24) is 24.1 Å². The standard InChI is InChI=1S/C32H38ClN5O5/c1-32(2,3)43-31(40)37-13-11-36(12-14-37)19-22-15-27(33)24(16-28(22)42-6)26-20-35(4)30(39)29-25(26)17-34-38(29)18-21-7-9-23(41-5)10-8-21/h7-10,15-17,20H,11-14,18-19H2,1-6H3. The maximum Gasteiger partial charge on any atom is 0.410 e. The van der Waals surface area contributed by atoms with E-state index in [2.05, 4.69) is 10.00 Å². The molecule has 228 valence electrons. The van der Waals surface area contributed by atoms with Crippen LogP contribution in [0.4, 0.5) is 4.79 Å². The molecule has 11 heteroatoms. The normalized spacial score (nSPS) is 14.3. The van der Waals surface area contributed by atoms with E-state index in [1.165, 1.54) is 0 Å². The summed E-state index contributed by atoms with van der Waals surface area (Å²) >= 11 is 6.92. The fraction of sp³-hybridized carbons (Fsp3) is 0.406. The molecule has 43 heavy (non-hydrogen) atoms. The van der Waals surface area contributed by atoms with E-state index in [4.69, 9.17) is 25.8 Å². The fourth-order valence-electron chi connectivity index (χ4n) is 5.31. The second-order valence-corrected chi connectivity index (χ2v) is 12.2. The molecule has 1 aliphatic heterocycles. The van der Waals surface area contributed by atoms with E-state index in [-0.39, 0.29) is 11.7 Å². The van der Waals surface area contributed by atoms with Gasteiger partial charge in [-0.15, -0.1) is 0 Å². The number of carbonyl (C=O) groups is 1. The van der Waals surface area contributed by atoms with Gasteiger partial charge in [-0.05, 0) is 50.6 Å². The second kappa shape index (κ2) is 12.3. The van der Waals surface area contributed by atoms with Crippen LogP contribution in [0.2, 0.25) is 5.02 Å². The van der Waals surface area contributed by atoms with Gasteiger partial charge in [-0.2, -0.15) is 5.10 Å². The lowest BCUT2D eigenvalue weighted by Crippen LogP contribution is -2.49. The van der Waals surface area contributed by atoms with Crippen molar-refractivity contribution in [2.24, 2.45) is 7.05 Å². The van der Waals surface area contributed by atoms with Crippen molar-refractivity contribution in [1.29, 1.82) is 0 Å². The van der Waals surface area contributed by atoms with Gasteiger partial charge in [-0.1, -0.05) is 23.7 Å². The zero-order valence-electron chi connectivity index (χ0n) is 25.5. The van der Waals surface area contributed by atoms with Gasteiger partial charge >= 0.3 is 6.09 Å². The third-order valence-corrected chi connectivity index (χ3v) is 7.86. The van der Waals surface area contributed by atoms with Crippen LogP contribution in [-0.2, 0) is 24.9 Å². The highest BCUT2D eigenvalue weighted by Gasteiger charge is 2.27. The first kappa shape index (κ1) is 30.4. The molecule has 0 atom stereocenters. The summed E-state index contributed by atoms with van der Waals surface area (Å²) in [6.45, 7) is 9.24. The largest absolute Gasteiger partial charge is 0.497 e. The van der Waals surface area contributed by atoms with Crippen molar-refractivity contribution in [3.63, 3.8) is 0 Å². The van der Waals surface area contributed by atoms with Crippen molar-refractivity contribution in [2.45, 2.75) is 39.5 Å². The first-order valence-electron chi connectivity index (χ1n) is 14.2. The van der Waals surface area contributed by atoms with Gasteiger partial charge in [0.1, 0.15) is 22.6 Å². The van der Waals surface area contributed by atoms with Gasteiger partial charge in [0.25, 0.3) is 5.56 Å². The number of carbonyl (C=O) groups excluding carboxylic acids is 1. The van der Waals surface area contributed by atoms with Crippen LogP contribution in [0.15, 0.2) is 53.6 Å². The Bertz CT molecular complexity index is 1680. The first-order chi connectivity index (χ1) is 20.5. The predicted octanol–water partition coefficient (Wildman–Crippen LogP) is 5.17. The number of methoxy groups -OCH3 is 2. The number of piperazine rings is 1. The molecule has 2 aromatic heterocycles. The Morgan fingerprint density at radius 2 is 1.67 bits per heavy atom. The average molecular weight is 608 g/mol. The maximum atomic E-state index is 13.3. The van der Waals surface area contributed by atoms with Crippen LogP contribution in [0.1, 0.15) is 31.9 Å². The molecular weight excluding hydrogens is 570 g/mol. The van der Waals surface area contributed by atoms with Crippen LogP contribution in [0.3, 0.4) is 0 Å². The molecule has 0 aliphatic carbocycles. The Kier molecular flexibility index (Phi) is 8.71. The van der Waals surface area contributed by atoms with Crippen molar-refractivity contribution in [2.75, 3.05) is 40.4 Å². The molecule has 0 radical (unpaired) electrons. The van der Waals surface area contributed by atoms with Crippen LogP contribution < -0.4 is 15.0 Å². The molecule has 1 saturated heterocycles. The molecular formula is C32H38ClN5O5. The number of amides is 1. The Labute approximate surface area is 256 Å². The number of aryl methyl sites for hydroxylation is 1. The maximum absolute atomic E-state index is 13.3. The van der Waals surface area contributed by atoms with Crippen LogP contribution in [0, 0.1) is 0 Å². The van der Waals surface area contributed by atoms with E-state index in [1.807, 2.05) is 57.2 Å². The van der Waals surface area contributed by atoms with Gasteiger partial charge in [0.05, 0.1) is 27.0 Å². The van der Waals surface area contributed by atoms with Gasteiger partial charge in [-0.3, -0.25) is 14.4 Å². The number of ether oxygens (including phenoxy) is 3. The predicted molar refractivity (Wildman–Crippen MR) is 167 cm³/mol. The van der Waals surface area contributed by atoms with Gasteiger partial charge in [-0.25, -0.2) is 4.79 Å². The number of aromatic nitrogens is 3. The van der Waals surface area contributed by atoms with E-state index < -0.39 is 5.60 Å². The molecule has 1 aliphatic rings. The van der Waals surface area contributed by atoms with Crippen molar-refractivity contribution >= 4 is 28.6 Å².